The fraction of sp³-hybridized carbons (Fsp3) is 0.214. The van der Waals surface area contributed by atoms with E-state index in [1.54, 1.807) is 12.2 Å². The maximum absolute atomic E-state index is 11.0. The molecule has 0 heterocycles. The van der Waals surface area contributed by atoms with Crippen LogP contribution in [0.15, 0.2) is 49.6 Å². The fourth-order valence-corrected chi connectivity index (χ4v) is 1.41. The lowest BCUT2D eigenvalue weighted by molar-refractivity contribution is -0.144. The van der Waals surface area contributed by atoms with Crippen LogP contribution < -0.4 is 4.74 Å². The van der Waals surface area contributed by atoms with Gasteiger partial charge in [-0.25, -0.2) is 0 Å². The minimum Gasteiger partial charge on any atom is -0.489 e. The number of ether oxygens (including phenoxy) is 2. The minimum absolute atomic E-state index is 0.353. The molecule has 1 aromatic carbocycles. The molecule has 3 nitrogen and oxygen atoms in total. The van der Waals surface area contributed by atoms with Crippen molar-refractivity contribution in [3.8, 4) is 5.75 Å². The van der Waals surface area contributed by atoms with Gasteiger partial charge < -0.3 is 9.47 Å². The van der Waals surface area contributed by atoms with Crippen molar-refractivity contribution in [1.82, 2.24) is 0 Å². The lowest BCUT2D eigenvalue weighted by atomic mass is 10.1. The summed E-state index contributed by atoms with van der Waals surface area (Å²) in [6.07, 6.45) is 2.73. The van der Waals surface area contributed by atoms with Crippen molar-refractivity contribution in [3.63, 3.8) is 0 Å². The van der Waals surface area contributed by atoms with Gasteiger partial charge in [0.15, 0.2) is 0 Å². The first-order valence-electron chi connectivity index (χ1n) is 5.31. The fourth-order valence-electron chi connectivity index (χ4n) is 1.41. The molecule has 0 amide bonds. The van der Waals surface area contributed by atoms with Crippen molar-refractivity contribution in [2.75, 3.05) is 6.61 Å². The first-order valence-corrected chi connectivity index (χ1v) is 5.31. The molecule has 0 radical (unpaired) electrons. The first kappa shape index (κ1) is 13.0. The number of hydrogen-bond acceptors (Lipinski definition) is 3. The van der Waals surface area contributed by atoms with Gasteiger partial charge in [-0.15, -0.1) is 0 Å². The quantitative estimate of drug-likeness (QED) is 0.558. The van der Waals surface area contributed by atoms with Gasteiger partial charge >= 0.3 is 5.97 Å². The van der Waals surface area contributed by atoms with Crippen molar-refractivity contribution in [2.24, 2.45) is 0 Å². The van der Waals surface area contributed by atoms with Crippen molar-refractivity contribution in [3.05, 3.63) is 55.1 Å². The number of carbonyl (C=O) groups is 1. The summed E-state index contributed by atoms with van der Waals surface area (Å²) >= 11 is 0. The molecule has 17 heavy (non-hydrogen) atoms. The number of rotatable bonds is 6. The highest BCUT2D eigenvalue weighted by Gasteiger charge is 2.15. The van der Waals surface area contributed by atoms with E-state index in [-0.39, 0.29) is 5.97 Å². The van der Waals surface area contributed by atoms with E-state index in [0.29, 0.717) is 12.4 Å². The Hall–Kier alpha value is -2.03. The van der Waals surface area contributed by atoms with E-state index in [1.807, 2.05) is 24.3 Å². The Morgan fingerprint density at radius 1 is 1.41 bits per heavy atom. The van der Waals surface area contributed by atoms with Gasteiger partial charge in [-0.05, 0) is 12.1 Å². The van der Waals surface area contributed by atoms with E-state index < -0.39 is 6.10 Å². The second kappa shape index (κ2) is 6.53. The average Bonchev–Trinajstić information content (AvgIpc) is 2.33. The molecule has 0 spiro atoms. The third kappa shape index (κ3) is 3.79. The molecule has 0 unspecified atom stereocenters. The zero-order valence-electron chi connectivity index (χ0n) is 9.89. The first-order chi connectivity index (χ1) is 8.19. The van der Waals surface area contributed by atoms with Crippen LogP contribution in [0.5, 0.6) is 5.75 Å². The molecule has 1 rings (SSSR count). The molecule has 0 aliphatic rings. The number of esters is 1. The number of hydrogen-bond donors (Lipinski definition) is 0. The van der Waals surface area contributed by atoms with Crippen LogP contribution in [0, 0.1) is 0 Å². The van der Waals surface area contributed by atoms with E-state index >= 15 is 0 Å². The summed E-state index contributed by atoms with van der Waals surface area (Å²) in [6.45, 7) is 9.02. The summed E-state index contributed by atoms with van der Waals surface area (Å²) in [4.78, 5) is 11.0. The van der Waals surface area contributed by atoms with Crippen molar-refractivity contribution in [2.45, 2.75) is 13.0 Å². The maximum atomic E-state index is 11.0. The van der Waals surface area contributed by atoms with Crippen LogP contribution in [0.3, 0.4) is 0 Å². The summed E-state index contributed by atoms with van der Waals surface area (Å²) in [7, 11) is 0. The second-order valence-corrected chi connectivity index (χ2v) is 3.40. The van der Waals surface area contributed by atoms with Crippen LogP contribution in [0.4, 0.5) is 0 Å². The molecule has 90 valence electrons. The molecule has 0 saturated heterocycles. The van der Waals surface area contributed by atoms with Crippen molar-refractivity contribution < 1.29 is 14.3 Å². The maximum Gasteiger partial charge on any atom is 0.303 e. The van der Waals surface area contributed by atoms with Crippen LogP contribution in [0.2, 0.25) is 0 Å². The van der Waals surface area contributed by atoms with E-state index in [1.165, 1.54) is 6.92 Å². The molecule has 0 saturated carbocycles. The molecule has 0 aliphatic carbocycles. The zero-order valence-corrected chi connectivity index (χ0v) is 9.89. The van der Waals surface area contributed by atoms with E-state index in [0.717, 1.165) is 5.56 Å². The van der Waals surface area contributed by atoms with Gasteiger partial charge in [-0.1, -0.05) is 37.4 Å². The third-order valence-corrected chi connectivity index (χ3v) is 2.09. The van der Waals surface area contributed by atoms with E-state index in [4.69, 9.17) is 9.47 Å². The minimum atomic E-state index is -0.492. The largest absolute Gasteiger partial charge is 0.489 e. The molecule has 0 N–H and O–H groups in total. The Bertz CT molecular complexity index is 410. The number of benzene rings is 1. The lowest BCUT2D eigenvalue weighted by Crippen LogP contribution is -2.08. The Balaban J connectivity index is 2.96. The molecular weight excluding hydrogens is 216 g/mol. The average molecular weight is 232 g/mol. The van der Waals surface area contributed by atoms with Crippen LogP contribution in [-0.4, -0.2) is 12.6 Å². The van der Waals surface area contributed by atoms with Gasteiger partial charge in [0.05, 0.1) is 0 Å². The summed E-state index contributed by atoms with van der Waals surface area (Å²) in [5.74, 6) is 0.312. The molecule has 0 aliphatic heterocycles. The van der Waals surface area contributed by atoms with Gasteiger partial charge in [0.1, 0.15) is 18.5 Å². The van der Waals surface area contributed by atoms with Crippen LogP contribution in [-0.2, 0) is 9.53 Å². The molecule has 1 aromatic rings. The van der Waals surface area contributed by atoms with E-state index in [2.05, 4.69) is 13.2 Å². The Morgan fingerprint density at radius 2 is 2.12 bits per heavy atom. The number of carbonyl (C=O) groups excluding carboxylic acids is 1. The van der Waals surface area contributed by atoms with Gasteiger partial charge in [0, 0.05) is 12.5 Å². The highest BCUT2D eigenvalue weighted by Crippen LogP contribution is 2.28. The summed E-state index contributed by atoms with van der Waals surface area (Å²) in [5, 5.41) is 0. The monoisotopic (exact) mass is 232 g/mol. The molecular formula is C14H16O3. The van der Waals surface area contributed by atoms with Gasteiger partial charge in [-0.3, -0.25) is 4.79 Å². The van der Waals surface area contributed by atoms with Crippen LogP contribution >= 0.6 is 0 Å². The molecule has 1 atom stereocenters. The van der Waals surface area contributed by atoms with E-state index in [9.17, 15) is 4.79 Å². The predicted octanol–water partition coefficient (Wildman–Crippen LogP) is 3.04. The van der Waals surface area contributed by atoms with Gasteiger partial charge in [0.25, 0.3) is 0 Å². The standard InChI is InChI=1S/C14H16O3/c1-4-10-16-14-9-7-6-8-12(14)13(5-2)17-11(3)15/h4-9,13H,1-2,10H2,3H3/t13-/m1/s1. The van der Waals surface area contributed by atoms with Crippen molar-refractivity contribution in [1.29, 1.82) is 0 Å². The molecule has 0 fully saturated rings. The molecule has 3 heteroatoms. The highest BCUT2D eigenvalue weighted by atomic mass is 16.5. The highest BCUT2D eigenvalue weighted by molar-refractivity contribution is 5.66. The smallest absolute Gasteiger partial charge is 0.303 e. The summed E-state index contributed by atoms with van der Waals surface area (Å²) in [6, 6.07) is 7.37. The Kier molecular flexibility index (Phi) is 5.01. The van der Waals surface area contributed by atoms with Gasteiger partial charge in [-0.2, -0.15) is 0 Å². The third-order valence-electron chi connectivity index (χ3n) is 2.09. The second-order valence-electron chi connectivity index (χ2n) is 3.40. The van der Waals surface area contributed by atoms with Gasteiger partial charge in [0.2, 0.25) is 0 Å². The SMILES string of the molecule is C=CCOc1ccccc1[C@@H](C=C)OC(C)=O. The van der Waals surface area contributed by atoms with Crippen molar-refractivity contribution >= 4 is 5.97 Å². The topological polar surface area (TPSA) is 35.5 Å². The lowest BCUT2D eigenvalue weighted by Gasteiger charge is -2.16. The zero-order chi connectivity index (χ0) is 12.7. The van der Waals surface area contributed by atoms with Crippen LogP contribution in [0.25, 0.3) is 0 Å². The summed E-state index contributed by atoms with van der Waals surface area (Å²) in [5.41, 5.74) is 0.777. The normalized spacial score (nSPS) is 11.4. The molecule has 0 aromatic heterocycles. The summed E-state index contributed by atoms with van der Waals surface area (Å²) < 4.78 is 10.6. The predicted molar refractivity (Wildman–Crippen MR) is 66.8 cm³/mol. The Labute approximate surface area is 101 Å². The molecule has 0 bridgehead atoms. The Morgan fingerprint density at radius 3 is 2.71 bits per heavy atom. The number of para-hydroxylation sites is 1. The van der Waals surface area contributed by atoms with Crippen LogP contribution in [0.1, 0.15) is 18.6 Å².